The highest BCUT2D eigenvalue weighted by Crippen LogP contribution is 2.34. The fourth-order valence-corrected chi connectivity index (χ4v) is 4.44. The maximum Gasteiger partial charge on any atom is 0.261 e. The molecule has 1 aliphatic rings. The molecule has 0 radical (unpaired) electrons. The van der Waals surface area contributed by atoms with Crippen LogP contribution in [-0.4, -0.2) is 28.4 Å². The van der Waals surface area contributed by atoms with E-state index < -0.39 is 0 Å². The largest absolute Gasteiger partial charge is 0.507 e. The number of rotatable bonds is 13. The molecule has 4 heteroatoms. The molecule has 1 N–H and O–H groups in total. The third kappa shape index (κ3) is 5.21. The van der Waals surface area contributed by atoms with Gasteiger partial charge in [0, 0.05) is 28.4 Å². The van der Waals surface area contributed by atoms with Gasteiger partial charge in [0.15, 0.2) is 0 Å². The molecule has 0 fully saturated rings. The lowest BCUT2D eigenvalue weighted by molar-refractivity contribution is 0.0607. The van der Waals surface area contributed by atoms with Crippen LogP contribution in [0.5, 0.6) is 5.75 Å². The molecule has 2 amide bonds. The Labute approximate surface area is 180 Å². The summed E-state index contributed by atoms with van der Waals surface area (Å²) in [5.74, 6) is -0.385. The minimum atomic E-state index is -0.244. The number of amides is 2. The predicted octanol–water partition coefficient (Wildman–Crippen LogP) is 6.84. The molecule has 30 heavy (non-hydrogen) atoms. The summed E-state index contributed by atoms with van der Waals surface area (Å²) in [5, 5.41) is 11.2. The standard InChI is InChI=1S/C26H35NO3/c1-2-3-4-5-6-7-8-9-10-11-12-13-19-27-25(29)21-16-14-15-20-23(28)18-17-22(24(20)21)26(27)30/h14-18,28H,2-13,19H2,1H3. The van der Waals surface area contributed by atoms with Crippen molar-refractivity contribution < 1.29 is 14.7 Å². The molecule has 0 atom stereocenters. The average molecular weight is 410 g/mol. The number of hydrogen-bond donors (Lipinski definition) is 1. The lowest BCUT2D eigenvalue weighted by Crippen LogP contribution is -2.40. The summed E-state index contributed by atoms with van der Waals surface area (Å²) in [6.07, 6.45) is 15.0. The van der Waals surface area contributed by atoms with E-state index in [-0.39, 0.29) is 17.6 Å². The van der Waals surface area contributed by atoms with Gasteiger partial charge in [0.25, 0.3) is 11.8 Å². The van der Waals surface area contributed by atoms with Gasteiger partial charge in [-0.05, 0) is 24.6 Å². The summed E-state index contributed by atoms with van der Waals surface area (Å²) < 4.78 is 0. The molecule has 162 valence electrons. The normalized spacial score (nSPS) is 13.4. The molecule has 0 unspecified atom stereocenters. The smallest absolute Gasteiger partial charge is 0.261 e. The summed E-state index contributed by atoms with van der Waals surface area (Å²) in [6.45, 7) is 2.72. The van der Waals surface area contributed by atoms with Crippen molar-refractivity contribution >= 4 is 22.6 Å². The molecule has 2 aromatic rings. The first kappa shape index (κ1) is 22.3. The molecule has 2 aromatic carbocycles. The molecule has 0 aliphatic carbocycles. The van der Waals surface area contributed by atoms with Crippen LogP contribution >= 0.6 is 0 Å². The first-order valence-electron chi connectivity index (χ1n) is 11.8. The van der Waals surface area contributed by atoms with Crippen LogP contribution in [0.3, 0.4) is 0 Å². The van der Waals surface area contributed by atoms with E-state index in [9.17, 15) is 14.7 Å². The third-order valence-electron chi connectivity index (χ3n) is 6.20. The Bertz CT molecular complexity index is 852. The van der Waals surface area contributed by atoms with Gasteiger partial charge < -0.3 is 5.11 Å². The van der Waals surface area contributed by atoms with E-state index in [4.69, 9.17) is 0 Å². The van der Waals surface area contributed by atoms with E-state index in [1.807, 2.05) is 0 Å². The van der Waals surface area contributed by atoms with E-state index >= 15 is 0 Å². The van der Waals surface area contributed by atoms with Gasteiger partial charge in [-0.25, -0.2) is 0 Å². The Hall–Kier alpha value is -2.36. The topological polar surface area (TPSA) is 57.6 Å². The fourth-order valence-electron chi connectivity index (χ4n) is 4.44. The van der Waals surface area contributed by atoms with Gasteiger partial charge in [0.05, 0.1) is 0 Å². The number of phenolic OH excluding ortho intramolecular Hbond substituents is 1. The van der Waals surface area contributed by atoms with Crippen molar-refractivity contribution in [3.63, 3.8) is 0 Å². The number of nitrogens with zero attached hydrogens (tertiary/aromatic N) is 1. The van der Waals surface area contributed by atoms with E-state index in [2.05, 4.69) is 6.92 Å². The highest BCUT2D eigenvalue weighted by molar-refractivity contribution is 6.26. The second-order valence-electron chi connectivity index (χ2n) is 8.51. The molecule has 0 bridgehead atoms. The van der Waals surface area contributed by atoms with E-state index in [0.29, 0.717) is 28.4 Å². The van der Waals surface area contributed by atoms with Gasteiger partial charge in [0.2, 0.25) is 0 Å². The van der Waals surface area contributed by atoms with Crippen LogP contribution in [-0.2, 0) is 0 Å². The van der Waals surface area contributed by atoms with Gasteiger partial charge >= 0.3 is 0 Å². The Balaban J connectivity index is 1.40. The Morgan fingerprint density at radius 3 is 1.83 bits per heavy atom. The van der Waals surface area contributed by atoms with Crippen molar-refractivity contribution in [1.82, 2.24) is 4.90 Å². The molecule has 0 spiro atoms. The summed E-state index contributed by atoms with van der Waals surface area (Å²) >= 11 is 0. The maximum absolute atomic E-state index is 12.9. The quantitative estimate of drug-likeness (QED) is 0.291. The van der Waals surface area contributed by atoms with Crippen LogP contribution in [0.4, 0.5) is 0 Å². The molecule has 4 nitrogen and oxygen atoms in total. The van der Waals surface area contributed by atoms with E-state index in [1.54, 1.807) is 24.3 Å². The van der Waals surface area contributed by atoms with Crippen LogP contribution in [0.15, 0.2) is 30.3 Å². The highest BCUT2D eigenvalue weighted by Gasteiger charge is 2.32. The van der Waals surface area contributed by atoms with Crippen LogP contribution in [0.1, 0.15) is 105 Å². The number of aromatic hydroxyl groups is 1. The fraction of sp³-hybridized carbons (Fsp3) is 0.538. The van der Waals surface area contributed by atoms with Crippen molar-refractivity contribution in [3.8, 4) is 5.75 Å². The third-order valence-corrected chi connectivity index (χ3v) is 6.20. The van der Waals surface area contributed by atoms with Crippen LogP contribution in [0.25, 0.3) is 10.8 Å². The summed E-state index contributed by atoms with van der Waals surface area (Å²) in [5.41, 5.74) is 1.02. The van der Waals surface area contributed by atoms with Crippen LogP contribution < -0.4 is 0 Å². The van der Waals surface area contributed by atoms with Gasteiger partial charge in [-0.15, -0.1) is 0 Å². The monoisotopic (exact) mass is 409 g/mol. The summed E-state index contributed by atoms with van der Waals surface area (Å²) in [4.78, 5) is 27.1. The summed E-state index contributed by atoms with van der Waals surface area (Å²) in [7, 11) is 0. The molecular weight excluding hydrogens is 374 g/mol. The maximum atomic E-state index is 12.9. The highest BCUT2D eigenvalue weighted by atomic mass is 16.3. The second-order valence-corrected chi connectivity index (χ2v) is 8.51. The van der Waals surface area contributed by atoms with Crippen molar-refractivity contribution in [3.05, 3.63) is 41.5 Å². The van der Waals surface area contributed by atoms with E-state index in [0.717, 1.165) is 19.3 Å². The number of benzene rings is 2. The zero-order valence-corrected chi connectivity index (χ0v) is 18.3. The van der Waals surface area contributed by atoms with Crippen molar-refractivity contribution in [2.45, 2.75) is 84.0 Å². The molecule has 0 saturated heterocycles. The Morgan fingerprint density at radius 2 is 1.23 bits per heavy atom. The predicted molar refractivity (Wildman–Crippen MR) is 122 cm³/mol. The SMILES string of the molecule is CCCCCCCCCCCCCCN1C(=O)c2cccc3c(O)ccc(c23)C1=O. The number of carbonyl (C=O) groups excluding carboxylic acids is 2. The zero-order valence-electron chi connectivity index (χ0n) is 18.3. The molecular formula is C26H35NO3. The minimum absolute atomic E-state index is 0.102. The first-order valence-corrected chi connectivity index (χ1v) is 11.8. The Morgan fingerprint density at radius 1 is 0.700 bits per heavy atom. The minimum Gasteiger partial charge on any atom is -0.507 e. The second kappa shape index (κ2) is 11.1. The number of imide groups is 1. The molecule has 0 aromatic heterocycles. The lowest BCUT2D eigenvalue weighted by Gasteiger charge is -2.27. The van der Waals surface area contributed by atoms with Crippen molar-refractivity contribution in [2.24, 2.45) is 0 Å². The summed E-state index contributed by atoms with van der Waals surface area (Å²) in [6, 6.07) is 8.42. The number of phenols is 1. The van der Waals surface area contributed by atoms with Gasteiger partial charge in [-0.2, -0.15) is 0 Å². The number of carbonyl (C=O) groups is 2. The van der Waals surface area contributed by atoms with Gasteiger partial charge in [0.1, 0.15) is 5.75 Å². The Kier molecular flexibility index (Phi) is 8.30. The van der Waals surface area contributed by atoms with Crippen LogP contribution in [0, 0.1) is 0 Å². The first-order chi connectivity index (χ1) is 14.6. The van der Waals surface area contributed by atoms with E-state index in [1.165, 1.54) is 68.8 Å². The van der Waals surface area contributed by atoms with Crippen LogP contribution in [0.2, 0.25) is 0 Å². The van der Waals surface area contributed by atoms with Crippen molar-refractivity contribution in [2.75, 3.05) is 6.54 Å². The molecule has 1 aliphatic heterocycles. The molecule has 1 heterocycles. The van der Waals surface area contributed by atoms with Gasteiger partial charge in [-0.1, -0.05) is 89.7 Å². The lowest BCUT2D eigenvalue weighted by atomic mass is 9.93. The number of unbranched alkanes of at least 4 members (excludes halogenated alkanes) is 11. The number of hydrogen-bond acceptors (Lipinski definition) is 3. The molecule has 0 saturated carbocycles. The van der Waals surface area contributed by atoms with Gasteiger partial charge in [-0.3, -0.25) is 14.5 Å². The molecule has 3 rings (SSSR count). The zero-order chi connectivity index (χ0) is 21.3. The van der Waals surface area contributed by atoms with Crippen molar-refractivity contribution in [1.29, 1.82) is 0 Å². The average Bonchev–Trinajstić information content (AvgIpc) is 2.75.